The summed E-state index contributed by atoms with van der Waals surface area (Å²) in [5.74, 6) is 11.3. The lowest BCUT2D eigenvalue weighted by atomic mass is 10.1. The van der Waals surface area contributed by atoms with Gasteiger partial charge in [0.15, 0.2) is 17.5 Å². The van der Waals surface area contributed by atoms with E-state index in [-0.39, 0.29) is 5.82 Å². The lowest BCUT2D eigenvalue weighted by Gasteiger charge is -2.29. The molecular formula is C42H40N18O2. The lowest BCUT2D eigenvalue weighted by Crippen LogP contribution is -2.44. The van der Waals surface area contributed by atoms with Crippen molar-refractivity contribution in [1.82, 2.24) is 70.4 Å². The number of anilines is 4. The predicted molar refractivity (Wildman–Crippen MR) is 233 cm³/mol. The van der Waals surface area contributed by atoms with Crippen LogP contribution in [0.25, 0.3) is 67.4 Å². The van der Waals surface area contributed by atoms with Gasteiger partial charge in [-0.05, 0) is 24.3 Å². The fourth-order valence-electron chi connectivity index (χ4n) is 7.63. The molecule has 62 heavy (non-hydrogen) atoms. The van der Waals surface area contributed by atoms with E-state index in [1.807, 2.05) is 18.2 Å². The van der Waals surface area contributed by atoms with Gasteiger partial charge in [0, 0.05) is 88.3 Å². The first kappa shape index (κ1) is 38.5. The Hall–Kier alpha value is -7.68. The number of hydrogen-bond donors (Lipinski definition) is 3. The highest BCUT2D eigenvalue weighted by molar-refractivity contribution is 5.97. The number of aromatic nitrogens is 12. The maximum Gasteiger partial charge on any atom is 0.177 e. The van der Waals surface area contributed by atoms with Crippen LogP contribution in [-0.2, 0) is 0 Å². The van der Waals surface area contributed by atoms with Crippen molar-refractivity contribution in [3.8, 4) is 57.1 Å². The van der Waals surface area contributed by atoms with E-state index in [1.54, 1.807) is 82.3 Å². The van der Waals surface area contributed by atoms with Gasteiger partial charge in [0.2, 0.25) is 0 Å². The largest absolute Gasteiger partial charge is 0.494 e. The zero-order valence-electron chi connectivity index (χ0n) is 33.8. The van der Waals surface area contributed by atoms with Crippen LogP contribution in [0.2, 0.25) is 0 Å². The summed E-state index contributed by atoms with van der Waals surface area (Å²) in [7, 11) is 3.25. The number of fused-ring (bicyclic) bond motifs is 2. The summed E-state index contributed by atoms with van der Waals surface area (Å²) in [6, 6.07) is 7.39. The van der Waals surface area contributed by atoms with Crippen molar-refractivity contribution in [2.75, 3.05) is 81.4 Å². The van der Waals surface area contributed by atoms with Crippen LogP contribution in [0, 0.1) is 0 Å². The number of nitrogens with two attached hydrogens (primary N) is 1. The monoisotopic (exact) mass is 828 g/mol. The molecule has 8 aromatic heterocycles. The van der Waals surface area contributed by atoms with E-state index in [1.165, 1.54) is 5.01 Å². The second-order valence-corrected chi connectivity index (χ2v) is 14.4. The van der Waals surface area contributed by atoms with Crippen LogP contribution in [0.1, 0.15) is 0 Å². The van der Waals surface area contributed by atoms with E-state index in [2.05, 4.69) is 50.3 Å². The van der Waals surface area contributed by atoms with Gasteiger partial charge in [0.1, 0.15) is 46.0 Å². The minimum Gasteiger partial charge on any atom is -0.494 e. The fourth-order valence-corrected chi connectivity index (χ4v) is 7.63. The summed E-state index contributed by atoms with van der Waals surface area (Å²) in [5, 5.41) is 9.80. The molecule has 2 saturated heterocycles. The molecule has 0 radical (unpaired) electrons. The van der Waals surface area contributed by atoms with Gasteiger partial charge in [-0.25, -0.2) is 45.7 Å². The maximum absolute atomic E-state index is 6.89. The molecule has 10 heterocycles. The van der Waals surface area contributed by atoms with Crippen molar-refractivity contribution < 1.29 is 9.47 Å². The van der Waals surface area contributed by atoms with Crippen molar-refractivity contribution >= 4 is 45.1 Å². The average Bonchev–Trinajstić information content (AvgIpc) is 3.35. The zero-order valence-corrected chi connectivity index (χ0v) is 33.8. The van der Waals surface area contributed by atoms with Crippen molar-refractivity contribution in [2.24, 2.45) is 5.84 Å². The highest BCUT2D eigenvalue weighted by Gasteiger charge is 2.25. The predicted octanol–water partition coefficient (Wildman–Crippen LogP) is 3.25. The zero-order chi connectivity index (χ0) is 42.0. The van der Waals surface area contributed by atoms with E-state index < -0.39 is 0 Å². The highest BCUT2D eigenvalue weighted by atomic mass is 16.5. The van der Waals surface area contributed by atoms with Gasteiger partial charge in [0.05, 0.1) is 78.9 Å². The summed E-state index contributed by atoms with van der Waals surface area (Å²) in [6.07, 6.45) is 16.5. The van der Waals surface area contributed by atoms with Gasteiger partial charge in [-0.15, -0.1) is 0 Å². The van der Waals surface area contributed by atoms with Crippen molar-refractivity contribution in [2.45, 2.75) is 0 Å². The Kier molecular flexibility index (Phi) is 10.4. The Morgan fingerprint density at radius 2 is 1.15 bits per heavy atom. The van der Waals surface area contributed by atoms with Crippen LogP contribution >= 0.6 is 0 Å². The SMILES string of the molecule is COc1cncc2nc(-c3ccnc(-c4cnc(N(N)c5cc(-c6nc(N7CCNCC7)c7c(OC)cncc7n6)ccn5)c(-c5cnccn5)n4)c3)nc(N3CCNCC3)c12. The first-order valence-electron chi connectivity index (χ1n) is 20.0. The molecule has 8 aromatic rings. The summed E-state index contributed by atoms with van der Waals surface area (Å²) >= 11 is 0. The Balaban J connectivity index is 1.02. The van der Waals surface area contributed by atoms with E-state index in [0.717, 1.165) is 80.3 Å². The second kappa shape index (κ2) is 16.8. The smallest absolute Gasteiger partial charge is 0.177 e. The van der Waals surface area contributed by atoms with Crippen molar-refractivity contribution in [1.29, 1.82) is 0 Å². The standard InChI is InChI=1S/C42H40N18O2/c1-61-32-23-47-19-29-35(32)40(58-13-9-44-10-14-58)56-38(54-29)25-3-5-49-27(17-25)28-22-52-42(37(53-28)31-21-46-7-8-50-31)60(43)34-18-26(4-6-51-34)39-55-30-20-48-24-33(62-2)36(30)41(57-39)59-15-11-45-12-16-59/h3-8,17-24,44-45H,9-16,43H2,1-2H3. The molecule has 4 N–H and O–H groups in total. The van der Waals surface area contributed by atoms with Gasteiger partial charge in [-0.3, -0.25) is 24.9 Å². The van der Waals surface area contributed by atoms with Gasteiger partial charge in [-0.1, -0.05) is 0 Å². The maximum atomic E-state index is 6.89. The molecule has 0 bridgehead atoms. The molecule has 20 heteroatoms. The number of hydrazine groups is 1. The third kappa shape index (κ3) is 7.31. The van der Waals surface area contributed by atoms with Crippen molar-refractivity contribution in [3.05, 3.63) is 86.2 Å². The van der Waals surface area contributed by atoms with E-state index in [0.29, 0.717) is 68.3 Å². The van der Waals surface area contributed by atoms with Crippen LogP contribution < -0.4 is 40.8 Å². The van der Waals surface area contributed by atoms with Crippen LogP contribution in [0.5, 0.6) is 11.5 Å². The quantitative estimate of drug-likeness (QED) is 0.133. The third-order valence-corrected chi connectivity index (χ3v) is 10.7. The van der Waals surface area contributed by atoms with Crippen LogP contribution in [0.4, 0.5) is 23.3 Å². The summed E-state index contributed by atoms with van der Waals surface area (Å²) in [4.78, 5) is 61.3. The minimum absolute atomic E-state index is 0.282. The fraction of sp³-hybridized carbons (Fsp3) is 0.238. The van der Waals surface area contributed by atoms with Crippen LogP contribution in [-0.4, -0.2) is 126 Å². The third-order valence-electron chi connectivity index (χ3n) is 10.7. The highest BCUT2D eigenvalue weighted by Crippen LogP contribution is 2.37. The van der Waals surface area contributed by atoms with E-state index in [9.17, 15) is 0 Å². The molecule has 0 atom stereocenters. The molecule has 0 aliphatic carbocycles. The molecule has 10 rings (SSSR count). The number of hydrogen-bond acceptors (Lipinski definition) is 20. The number of ether oxygens (including phenoxy) is 2. The Morgan fingerprint density at radius 1 is 0.565 bits per heavy atom. The first-order valence-corrected chi connectivity index (χ1v) is 20.0. The van der Waals surface area contributed by atoms with E-state index >= 15 is 0 Å². The molecule has 0 amide bonds. The Labute approximate surface area is 354 Å². The number of methoxy groups -OCH3 is 2. The van der Waals surface area contributed by atoms with Gasteiger partial charge >= 0.3 is 0 Å². The van der Waals surface area contributed by atoms with E-state index in [4.69, 9.17) is 45.2 Å². The second-order valence-electron chi connectivity index (χ2n) is 14.4. The normalized spacial score (nSPS) is 14.3. The van der Waals surface area contributed by atoms with Gasteiger partial charge in [-0.2, -0.15) is 0 Å². The van der Waals surface area contributed by atoms with Crippen LogP contribution in [0.15, 0.2) is 86.2 Å². The Bertz CT molecular complexity index is 2910. The van der Waals surface area contributed by atoms with Crippen molar-refractivity contribution in [3.63, 3.8) is 0 Å². The topological polar surface area (TPSA) is 233 Å². The molecule has 2 aliphatic heterocycles. The number of pyridine rings is 4. The first-order chi connectivity index (χ1) is 30.6. The van der Waals surface area contributed by atoms with Gasteiger partial charge < -0.3 is 29.9 Å². The number of rotatable bonds is 10. The molecule has 20 nitrogen and oxygen atoms in total. The Morgan fingerprint density at radius 3 is 1.73 bits per heavy atom. The molecule has 0 aromatic carbocycles. The summed E-state index contributed by atoms with van der Waals surface area (Å²) in [5.41, 5.74) is 4.54. The molecule has 0 spiro atoms. The minimum atomic E-state index is 0.282. The van der Waals surface area contributed by atoms with Gasteiger partial charge in [0.25, 0.3) is 0 Å². The lowest BCUT2D eigenvalue weighted by molar-refractivity contribution is 0.417. The molecule has 2 aliphatic rings. The molecule has 310 valence electrons. The van der Waals surface area contributed by atoms with Crippen LogP contribution in [0.3, 0.4) is 0 Å². The summed E-state index contributed by atoms with van der Waals surface area (Å²) < 4.78 is 11.4. The summed E-state index contributed by atoms with van der Waals surface area (Å²) in [6.45, 7) is 6.45. The molecule has 2 fully saturated rings. The average molecular weight is 829 g/mol. The molecular weight excluding hydrogens is 789 g/mol. The number of nitrogens with one attached hydrogen (secondary N) is 2. The molecule has 0 unspecified atom stereocenters. The number of piperazine rings is 2. The molecule has 0 saturated carbocycles. The number of nitrogens with zero attached hydrogens (tertiary/aromatic N) is 15.